The van der Waals surface area contributed by atoms with Gasteiger partial charge >= 0.3 is 0 Å². The molecule has 0 unspecified atom stereocenters. The Balaban J connectivity index is 1.99. The van der Waals surface area contributed by atoms with E-state index in [9.17, 15) is 4.79 Å². The van der Waals surface area contributed by atoms with E-state index in [0.717, 1.165) is 25.2 Å². The molecule has 3 heteroatoms. The number of hydrogen-bond acceptors (Lipinski definition) is 2. The molecule has 0 aromatic rings. The van der Waals surface area contributed by atoms with Crippen molar-refractivity contribution < 1.29 is 4.79 Å². The molecule has 1 amide bonds. The third kappa shape index (κ3) is 8.34. The first-order valence-corrected chi connectivity index (χ1v) is 8.56. The van der Waals surface area contributed by atoms with Crippen LogP contribution in [0.15, 0.2) is 5.10 Å². The summed E-state index contributed by atoms with van der Waals surface area (Å²) >= 11 is 0. The van der Waals surface area contributed by atoms with Crippen LogP contribution >= 0.6 is 0 Å². The van der Waals surface area contributed by atoms with Crippen LogP contribution in [0.1, 0.15) is 90.9 Å². The monoisotopic (exact) mass is 280 g/mol. The van der Waals surface area contributed by atoms with Gasteiger partial charge in [0.15, 0.2) is 0 Å². The van der Waals surface area contributed by atoms with Gasteiger partial charge < -0.3 is 0 Å². The van der Waals surface area contributed by atoms with Crippen molar-refractivity contribution in [3.05, 3.63) is 0 Å². The van der Waals surface area contributed by atoms with Crippen molar-refractivity contribution in [3.8, 4) is 0 Å². The summed E-state index contributed by atoms with van der Waals surface area (Å²) < 4.78 is 0. The van der Waals surface area contributed by atoms with Gasteiger partial charge in [0.05, 0.1) is 0 Å². The van der Waals surface area contributed by atoms with Crippen molar-refractivity contribution in [3.63, 3.8) is 0 Å². The zero-order valence-electron chi connectivity index (χ0n) is 13.4. The first-order valence-electron chi connectivity index (χ1n) is 8.56. The molecule has 0 heterocycles. The highest BCUT2D eigenvalue weighted by Gasteiger charge is 2.13. The second kappa shape index (κ2) is 10.9. The molecule has 0 aromatic heterocycles. The van der Waals surface area contributed by atoms with E-state index in [-0.39, 0.29) is 5.91 Å². The molecule has 1 aliphatic rings. The number of unbranched alkanes of at least 4 members (excludes halogenated alkanes) is 6. The molecule has 0 aromatic carbocycles. The normalized spacial score (nSPS) is 18.9. The van der Waals surface area contributed by atoms with Gasteiger partial charge in [-0.25, -0.2) is 5.43 Å². The summed E-state index contributed by atoms with van der Waals surface area (Å²) in [5, 5.41) is 4.27. The van der Waals surface area contributed by atoms with E-state index in [1.54, 1.807) is 0 Å². The minimum absolute atomic E-state index is 0.0877. The molecule has 0 spiro atoms. The maximum Gasteiger partial charge on any atom is 0.240 e. The number of nitrogens with zero attached hydrogens (tertiary/aromatic N) is 1. The first-order chi connectivity index (χ1) is 9.72. The molecular weight excluding hydrogens is 248 g/mol. The van der Waals surface area contributed by atoms with E-state index < -0.39 is 0 Å². The Kier molecular flexibility index (Phi) is 9.35. The summed E-state index contributed by atoms with van der Waals surface area (Å²) in [4.78, 5) is 11.7. The van der Waals surface area contributed by atoms with Gasteiger partial charge in [0, 0.05) is 12.1 Å². The van der Waals surface area contributed by atoms with E-state index >= 15 is 0 Å². The van der Waals surface area contributed by atoms with Gasteiger partial charge in [-0.1, -0.05) is 52.4 Å². The summed E-state index contributed by atoms with van der Waals surface area (Å²) in [5.41, 5.74) is 3.90. The summed E-state index contributed by atoms with van der Waals surface area (Å²) in [6.07, 6.45) is 13.9. The minimum Gasteiger partial charge on any atom is -0.273 e. The Morgan fingerprint density at radius 2 is 1.70 bits per heavy atom. The average Bonchev–Trinajstić information content (AvgIpc) is 2.46. The van der Waals surface area contributed by atoms with E-state index in [4.69, 9.17) is 0 Å². The SMILES string of the molecule is CCCCCCCCCC(=O)NN=C1CCC(C)CC1. The van der Waals surface area contributed by atoms with Crippen LogP contribution in [0.5, 0.6) is 0 Å². The second-order valence-corrected chi connectivity index (χ2v) is 6.27. The number of amides is 1. The number of rotatable bonds is 9. The Labute approximate surface area is 124 Å². The lowest BCUT2D eigenvalue weighted by Crippen LogP contribution is -2.21. The third-order valence-electron chi connectivity index (χ3n) is 4.20. The predicted molar refractivity (Wildman–Crippen MR) is 85.8 cm³/mol. The van der Waals surface area contributed by atoms with Gasteiger partial charge in [-0.05, 0) is 38.0 Å². The molecule has 1 saturated carbocycles. The van der Waals surface area contributed by atoms with Crippen molar-refractivity contribution in [2.24, 2.45) is 11.0 Å². The molecule has 1 N–H and O–H groups in total. The lowest BCUT2D eigenvalue weighted by Gasteiger charge is -2.18. The van der Waals surface area contributed by atoms with E-state index in [1.165, 1.54) is 57.1 Å². The maximum atomic E-state index is 11.7. The lowest BCUT2D eigenvalue weighted by molar-refractivity contribution is -0.121. The zero-order valence-corrected chi connectivity index (χ0v) is 13.4. The van der Waals surface area contributed by atoms with Crippen LogP contribution in [0.2, 0.25) is 0 Å². The van der Waals surface area contributed by atoms with E-state index in [1.807, 2.05) is 0 Å². The molecule has 0 aliphatic heterocycles. The number of nitrogens with one attached hydrogen (secondary N) is 1. The van der Waals surface area contributed by atoms with Crippen molar-refractivity contribution in [1.29, 1.82) is 0 Å². The highest BCUT2D eigenvalue weighted by Crippen LogP contribution is 2.21. The molecule has 20 heavy (non-hydrogen) atoms. The highest BCUT2D eigenvalue weighted by molar-refractivity contribution is 5.86. The fourth-order valence-corrected chi connectivity index (χ4v) is 2.65. The summed E-state index contributed by atoms with van der Waals surface area (Å²) in [5.74, 6) is 0.905. The molecule has 0 saturated heterocycles. The van der Waals surface area contributed by atoms with Crippen molar-refractivity contribution in [2.75, 3.05) is 0 Å². The number of hydrogen-bond donors (Lipinski definition) is 1. The maximum absolute atomic E-state index is 11.7. The largest absolute Gasteiger partial charge is 0.273 e. The summed E-state index contributed by atoms with van der Waals surface area (Å²) in [6.45, 7) is 4.52. The van der Waals surface area contributed by atoms with Crippen LogP contribution in [-0.2, 0) is 4.79 Å². The number of hydrazone groups is 1. The molecular formula is C17H32N2O. The Morgan fingerprint density at radius 3 is 2.35 bits per heavy atom. The quantitative estimate of drug-likeness (QED) is 0.478. The van der Waals surface area contributed by atoms with Gasteiger partial charge in [0.25, 0.3) is 0 Å². The van der Waals surface area contributed by atoms with Crippen LogP contribution in [0.4, 0.5) is 0 Å². The molecule has 1 rings (SSSR count). The molecule has 3 nitrogen and oxygen atoms in total. The van der Waals surface area contributed by atoms with Gasteiger partial charge in [0.1, 0.15) is 0 Å². The zero-order chi connectivity index (χ0) is 14.6. The predicted octanol–water partition coefficient (Wildman–Crippen LogP) is 4.81. The first kappa shape index (κ1) is 17.2. The third-order valence-corrected chi connectivity index (χ3v) is 4.20. The van der Waals surface area contributed by atoms with Crippen molar-refractivity contribution in [1.82, 2.24) is 5.43 Å². The Bertz CT molecular complexity index is 289. The molecule has 1 fully saturated rings. The highest BCUT2D eigenvalue weighted by atomic mass is 16.2. The van der Waals surface area contributed by atoms with Crippen molar-refractivity contribution >= 4 is 11.6 Å². The van der Waals surface area contributed by atoms with Crippen LogP contribution in [0.3, 0.4) is 0 Å². The van der Waals surface area contributed by atoms with Crippen LogP contribution in [-0.4, -0.2) is 11.6 Å². The van der Waals surface area contributed by atoms with E-state index in [2.05, 4.69) is 24.4 Å². The van der Waals surface area contributed by atoms with Crippen LogP contribution in [0.25, 0.3) is 0 Å². The van der Waals surface area contributed by atoms with Crippen molar-refractivity contribution in [2.45, 2.75) is 90.9 Å². The standard InChI is InChI=1S/C17H32N2O/c1-3-4-5-6-7-8-9-10-17(20)19-18-16-13-11-15(2)12-14-16/h15H,3-14H2,1-2H3,(H,19,20). The molecule has 0 atom stereocenters. The molecule has 1 aliphatic carbocycles. The second-order valence-electron chi connectivity index (χ2n) is 6.27. The Hall–Kier alpha value is -0.860. The van der Waals surface area contributed by atoms with Crippen LogP contribution < -0.4 is 5.43 Å². The Morgan fingerprint density at radius 1 is 1.10 bits per heavy atom. The molecule has 0 radical (unpaired) electrons. The van der Waals surface area contributed by atoms with Gasteiger partial charge in [-0.3, -0.25) is 4.79 Å². The van der Waals surface area contributed by atoms with Crippen LogP contribution in [0, 0.1) is 5.92 Å². The molecule has 116 valence electrons. The van der Waals surface area contributed by atoms with Gasteiger partial charge in [-0.15, -0.1) is 0 Å². The summed E-state index contributed by atoms with van der Waals surface area (Å²) in [7, 11) is 0. The topological polar surface area (TPSA) is 41.5 Å². The fraction of sp³-hybridized carbons (Fsp3) is 0.882. The van der Waals surface area contributed by atoms with Gasteiger partial charge in [0.2, 0.25) is 5.91 Å². The smallest absolute Gasteiger partial charge is 0.240 e. The lowest BCUT2D eigenvalue weighted by atomic mass is 9.90. The summed E-state index contributed by atoms with van der Waals surface area (Å²) in [6, 6.07) is 0. The molecule has 0 bridgehead atoms. The van der Waals surface area contributed by atoms with E-state index in [0.29, 0.717) is 6.42 Å². The van der Waals surface area contributed by atoms with Gasteiger partial charge in [-0.2, -0.15) is 5.10 Å². The number of carbonyl (C=O) groups excluding carboxylic acids is 1. The number of carbonyl (C=O) groups is 1. The average molecular weight is 280 g/mol. The minimum atomic E-state index is 0.0877. The fourth-order valence-electron chi connectivity index (χ4n) is 2.65.